The molecular weight excluding hydrogens is 369 g/mol. The van der Waals surface area contributed by atoms with Crippen LogP contribution in [-0.4, -0.2) is 24.2 Å². The zero-order valence-corrected chi connectivity index (χ0v) is 14.8. The third-order valence-electron chi connectivity index (χ3n) is 3.46. The summed E-state index contributed by atoms with van der Waals surface area (Å²) in [4.78, 5) is 26.9. The van der Waals surface area contributed by atoms with Crippen molar-refractivity contribution in [2.75, 3.05) is 17.2 Å². The molecule has 4 nitrogen and oxygen atoms in total. The summed E-state index contributed by atoms with van der Waals surface area (Å²) in [6, 6.07) is 12.3. The number of amides is 1. The molecular formula is C17H13Cl2NO3S. The summed E-state index contributed by atoms with van der Waals surface area (Å²) in [7, 11) is 0. The molecule has 2 aromatic carbocycles. The standard InChI is InChI=1S/C17H13Cl2NO3S/c18-11-5-6-12(19)14(9-11)23-17(22)7-8-20-13-3-1-2-4-15(13)24-10-16(20)21/h1-6,9H,7-8,10H2. The largest absolute Gasteiger partial charge is 0.425 e. The molecule has 0 atom stereocenters. The zero-order chi connectivity index (χ0) is 17.1. The lowest BCUT2D eigenvalue weighted by molar-refractivity contribution is -0.134. The third-order valence-corrected chi connectivity index (χ3v) is 5.06. The predicted molar refractivity (Wildman–Crippen MR) is 96.2 cm³/mol. The van der Waals surface area contributed by atoms with Crippen LogP contribution in [0.5, 0.6) is 5.75 Å². The third kappa shape index (κ3) is 3.86. The summed E-state index contributed by atoms with van der Waals surface area (Å²) < 4.78 is 5.24. The van der Waals surface area contributed by atoms with Crippen molar-refractivity contribution in [2.24, 2.45) is 0 Å². The van der Waals surface area contributed by atoms with Crippen LogP contribution in [0.3, 0.4) is 0 Å². The van der Waals surface area contributed by atoms with E-state index in [0.717, 1.165) is 10.6 Å². The number of carbonyl (C=O) groups is 2. The Kier molecular flexibility index (Phi) is 5.33. The van der Waals surface area contributed by atoms with Crippen molar-refractivity contribution < 1.29 is 14.3 Å². The lowest BCUT2D eigenvalue weighted by Gasteiger charge is -2.28. The topological polar surface area (TPSA) is 46.6 Å². The van der Waals surface area contributed by atoms with Crippen LogP contribution in [-0.2, 0) is 9.59 Å². The number of hydrogen-bond donors (Lipinski definition) is 0. The van der Waals surface area contributed by atoms with Gasteiger partial charge in [-0.3, -0.25) is 9.59 Å². The Morgan fingerprint density at radius 2 is 2.00 bits per heavy atom. The van der Waals surface area contributed by atoms with E-state index in [2.05, 4.69) is 0 Å². The van der Waals surface area contributed by atoms with Crippen molar-refractivity contribution in [2.45, 2.75) is 11.3 Å². The second-order valence-corrected chi connectivity index (χ2v) is 6.96. The molecule has 0 bridgehead atoms. The first-order valence-corrected chi connectivity index (χ1v) is 8.96. The fourth-order valence-electron chi connectivity index (χ4n) is 2.33. The highest BCUT2D eigenvalue weighted by Gasteiger charge is 2.25. The van der Waals surface area contributed by atoms with Gasteiger partial charge in [-0.05, 0) is 24.3 Å². The van der Waals surface area contributed by atoms with Crippen LogP contribution in [0.2, 0.25) is 10.0 Å². The fourth-order valence-corrected chi connectivity index (χ4v) is 3.59. The van der Waals surface area contributed by atoms with Gasteiger partial charge in [-0.2, -0.15) is 0 Å². The molecule has 0 fully saturated rings. The number of hydrogen-bond acceptors (Lipinski definition) is 4. The molecule has 1 heterocycles. The number of fused-ring (bicyclic) bond motifs is 1. The Bertz CT molecular complexity index is 797. The number of anilines is 1. The number of esters is 1. The quantitative estimate of drug-likeness (QED) is 0.580. The van der Waals surface area contributed by atoms with Gasteiger partial charge in [-0.15, -0.1) is 11.8 Å². The predicted octanol–water partition coefficient (Wildman–Crippen LogP) is 4.43. The maximum Gasteiger partial charge on any atom is 0.313 e. The van der Waals surface area contributed by atoms with Gasteiger partial charge in [0.25, 0.3) is 0 Å². The minimum absolute atomic E-state index is 0.0210. The average Bonchev–Trinajstić information content (AvgIpc) is 2.57. The number of para-hydroxylation sites is 1. The molecule has 0 radical (unpaired) electrons. The normalized spacial score (nSPS) is 13.6. The van der Waals surface area contributed by atoms with Gasteiger partial charge in [-0.25, -0.2) is 0 Å². The number of thioether (sulfide) groups is 1. The van der Waals surface area contributed by atoms with Crippen molar-refractivity contribution in [3.63, 3.8) is 0 Å². The van der Waals surface area contributed by atoms with E-state index in [9.17, 15) is 9.59 Å². The van der Waals surface area contributed by atoms with Crippen LogP contribution in [0.1, 0.15) is 6.42 Å². The van der Waals surface area contributed by atoms with Crippen LogP contribution in [0, 0.1) is 0 Å². The van der Waals surface area contributed by atoms with Crippen LogP contribution in [0.4, 0.5) is 5.69 Å². The lowest BCUT2D eigenvalue weighted by Crippen LogP contribution is -2.37. The minimum atomic E-state index is -0.470. The summed E-state index contributed by atoms with van der Waals surface area (Å²) >= 11 is 13.3. The summed E-state index contributed by atoms with van der Waals surface area (Å²) in [5.41, 5.74) is 0.826. The van der Waals surface area contributed by atoms with Crippen LogP contribution in [0.25, 0.3) is 0 Å². The molecule has 0 aliphatic carbocycles. The maximum absolute atomic E-state index is 12.1. The molecule has 0 saturated heterocycles. The van der Waals surface area contributed by atoms with Gasteiger partial charge in [0.15, 0.2) is 5.75 Å². The molecule has 2 aromatic rings. The van der Waals surface area contributed by atoms with Gasteiger partial charge in [0.1, 0.15) is 0 Å². The van der Waals surface area contributed by atoms with Crippen molar-refractivity contribution >= 4 is 52.5 Å². The molecule has 1 aliphatic rings. The van der Waals surface area contributed by atoms with E-state index in [1.54, 1.807) is 17.0 Å². The molecule has 7 heteroatoms. The Balaban J connectivity index is 1.66. The fraction of sp³-hybridized carbons (Fsp3) is 0.176. The molecule has 1 amide bonds. The van der Waals surface area contributed by atoms with E-state index in [-0.39, 0.29) is 24.6 Å². The number of halogens is 2. The second kappa shape index (κ2) is 7.47. The Labute approximate surface area is 153 Å². The maximum atomic E-state index is 12.1. The highest BCUT2D eigenvalue weighted by molar-refractivity contribution is 8.00. The van der Waals surface area contributed by atoms with E-state index in [1.165, 1.54) is 17.8 Å². The van der Waals surface area contributed by atoms with Gasteiger partial charge >= 0.3 is 5.97 Å². The van der Waals surface area contributed by atoms with E-state index >= 15 is 0 Å². The first-order valence-electron chi connectivity index (χ1n) is 7.22. The molecule has 0 aromatic heterocycles. The Morgan fingerprint density at radius 3 is 2.83 bits per heavy atom. The van der Waals surface area contributed by atoms with E-state index in [1.807, 2.05) is 24.3 Å². The Morgan fingerprint density at radius 1 is 1.21 bits per heavy atom. The number of benzene rings is 2. The number of rotatable bonds is 4. The highest BCUT2D eigenvalue weighted by Crippen LogP contribution is 2.35. The molecule has 1 aliphatic heterocycles. The Hall–Kier alpha value is -1.69. The van der Waals surface area contributed by atoms with Gasteiger partial charge in [0, 0.05) is 22.5 Å². The number of nitrogens with zero attached hydrogens (tertiary/aromatic N) is 1. The first kappa shape index (κ1) is 17.1. The summed E-state index contributed by atoms with van der Waals surface area (Å²) in [5, 5.41) is 0.739. The van der Waals surface area contributed by atoms with E-state index in [0.29, 0.717) is 15.8 Å². The monoisotopic (exact) mass is 381 g/mol. The van der Waals surface area contributed by atoms with Gasteiger partial charge < -0.3 is 9.64 Å². The van der Waals surface area contributed by atoms with Gasteiger partial charge in [0.05, 0.1) is 22.9 Å². The van der Waals surface area contributed by atoms with Crippen LogP contribution in [0.15, 0.2) is 47.4 Å². The molecule has 3 rings (SSSR count). The second-order valence-electron chi connectivity index (χ2n) is 5.10. The SMILES string of the molecule is O=C(CCN1C(=O)CSc2ccccc21)Oc1cc(Cl)ccc1Cl. The summed E-state index contributed by atoms with van der Waals surface area (Å²) in [6.45, 7) is 0.257. The molecule has 0 spiro atoms. The first-order chi connectivity index (χ1) is 11.5. The summed E-state index contributed by atoms with van der Waals surface area (Å²) in [6.07, 6.45) is 0.0631. The smallest absolute Gasteiger partial charge is 0.313 e. The van der Waals surface area contributed by atoms with Crippen molar-refractivity contribution in [3.8, 4) is 5.75 Å². The van der Waals surface area contributed by atoms with Crippen molar-refractivity contribution in [1.82, 2.24) is 0 Å². The minimum Gasteiger partial charge on any atom is -0.425 e. The van der Waals surface area contributed by atoms with E-state index in [4.69, 9.17) is 27.9 Å². The zero-order valence-electron chi connectivity index (χ0n) is 12.5. The average molecular weight is 382 g/mol. The molecule has 0 unspecified atom stereocenters. The molecule has 124 valence electrons. The highest BCUT2D eigenvalue weighted by atomic mass is 35.5. The van der Waals surface area contributed by atoms with E-state index < -0.39 is 5.97 Å². The van der Waals surface area contributed by atoms with Crippen molar-refractivity contribution in [3.05, 3.63) is 52.5 Å². The number of ether oxygens (including phenoxy) is 1. The molecule has 0 saturated carbocycles. The van der Waals surface area contributed by atoms with Crippen LogP contribution >= 0.6 is 35.0 Å². The van der Waals surface area contributed by atoms with Gasteiger partial charge in [0.2, 0.25) is 5.91 Å². The summed E-state index contributed by atoms with van der Waals surface area (Å²) in [5.74, 6) is 0.0941. The van der Waals surface area contributed by atoms with Crippen LogP contribution < -0.4 is 9.64 Å². The molecule has 24 heavy (non-hydrogen) atoms. The van der Waals surface area contributed by atoms with Crippen molar-refractivity contribution in [1.29, 1.82) is 0 Å². The number of carbonyl (C=O) groups excluding carboxylic acids is 2. The van der Waals surface area contributed by atoms with Gasteiger partial charge in [-0.1, -0.05) is 35.3 Å². The molecule has 0 N–H and O–H groups in total. The lowest BCUT2D eigenvalue weighted by atomic mass is 10.2.